The SMILES string of the molecule is [2H]c1c([2H])c2c3c(c1[2H])N1c4c(c([2H])c([2H])c([2H])c4-n4c5c([2H])c([2H])c([2H])c([2H])c5c5c([2H])c([2H])c([2H])c1c54)B3c1c([2H])c([2H])c(N(c3c([2H])c([2H])c(C(C)(C)C)c([2H])c3[2H])c3c([2H])c([2H])c(C(C)(C)C)c([2H])c3[2H])c([2H])c1N2c1c([2H])c([2H])c(-c2c([2H])c([2H])c([2H])c3c([2H])c([2H])c([2H])c([2H])c23)c([2H])c1[2H]. The molecule has 0 N–H and O–H groups in total. The summed E-state index contributed by atoms with van der Waals surface area (Å²) in [6.45, 7) is 7.21. The van der Waals surface area contributed by atoms with Gasteiger partial charge >= 0.3 is 0 Å². The smallest absolute Gasteiger partial charge is 0.252 e. The zero-order chi connectivity index (χ0) is 78.4. The molecule has 0 fully saturated rings. The standard InChI is InChI=1S/C66H53BN4/c1-65(2,3)44-29-35-46(36-30-44)68(47-37-31-45(32-38-47)66(4,5)6)49-39-40-54-61(41-49)69(48-33-27-43(28-34-48)51-19-11-16-42-15-7-8-17-50(42)51)57-23-14-24-58-62(57)67(54)55-21-13-26-60-64(55)71(58)59-25-12-20-53-52-18-9-10-22-56(52)70(60)63(53)59/h7-41H,1-6H3/i7D,8D,9D,10D,11D,12D,13D,14D,15D,16D,17D,18D,19D,20D,21D,22D,23D,24D,25D,26D,27D,28D,29D,30D,31D,32D,33D,34D,35D,36D,37D,38D,39D,40D,41D. The molecule has 0 bridgehead atoms. The van der Waals surface area contributed by atoms with E-state index in [1.54, 1.807) is 41.5 Å². The molecule has 0 saturated heterocycles. The molecular weight excluding hydrogens is 860 g/mol. The first-order valence-corrected chi connectivity index (χ1v) is 22.3. The van der Waals surface area contributed by atoms with Crippen LogP contribution in [0.15, 0.2) is 211 Å². The van der Waals surface area contributed by atoms with Crippen molar-refractivity contribution in [3.05, 3.63) is 223 Å². The van der Waals surface area contributed by atoms with E-state index < -0.39 is 346 Å². The van der Waals surface area contributed by atoms with Crippen LogP contribution in [-0.4, -0.2) is 11.3 Å². The van der Waals surface area contributed by atoms with Crippen LogP contribution in [0.4, 0.5) is 51.2 Å². The van der Waals surface area contributed by atoms with Crippen molar-refractivity contribution in [3.63, 3.8) is 0 Å². The quantitative estimate of drug-likeness (QED) is 0.160. The first-order valence-electron chi connectivity index (χ1n) is 39.8. The van der Waals surface area contributed by atoms with E-state index >= 15 is 0 Å². The van der Waals surface area contributed by atoms with E-state index in [1.807, 2.05) is 0 Å². The van der Waals surface area contributed by atoms with E-state index in [0.29, 0.717) is 9.80 Å². The van der Waals surface area contributed by atoms with Crippen molar-refractivity contribution in [2.45, 2.75) is 52.4 Å². The zero-order valence-corrected chi connectivity index (χ0v) is 38.4. The third kappa shape index (κ3) is 6.18. The van der Waals surface area contributed by atoms with Gasteiger partial charge in [0.05, 0.1) is 76.1 Å². The molecule has 10 aromatic carbocycles. The summed E-state index contributed by atoms with van der Waals surface area (Å²) < 4.78 is 339. The molecule has 14 rings (SSSR count). The molecule has 340 valence electrons. The number of rotatable bonds is 5. The van der Waals surface area contributed by atoms with Crippen LogP contribution in [0.1, 0.15) is 101 Å². The Morgan fingerprint density at radius 3 is 1.72 bits per heavy atom. The minimum Gasteiger partial charge on any atom is -0.311 e. The molecule has 0 spiro atoms. The summed E-state index contributed by atoms with van der Waals surface area (Å²) in [7, 11) is 0. The van der Waals surface area contributed by atoms with Crippen LogP contribution in [0.2, 0.25) is 0 Å². The third-order valence-electron chi connectivity index (χ3n) is 12.7. The van der Waals surface area contributed by atoms with Gasteiger partial charge in [0.25, 0.3) is 6.71 Å². The molecule has 0 amide bonds. The highest BCUT2D eigenvalue weighted by Gasteiger charge is 2.46. The van der Waals surface area contributed by atoms with E-state index in [-0.39, 0.29) is 11.1 Å². The Morgan fingerprint density at radius 2 is 1.00 bits per heavy atom. The van der Waals surface area contributed by atoms with Crippen molar-refractivity contribution in [1.29, 1.82) is 0 Å². The molecule has 4 heterocycles. The fourth-order valence-electron chi connectivity index (χ4n) is 9.42. The Balaban J connectivity index is 1.25. The average molecular weight is 948 g/mol. The fraction of sp³-hybridized carbons (Fsp3) is 0.121. The largest absolute Gasteiger partial charge is 0.311 e. The Morgan fingerprint density at radius 1 is 0.437 bits per heavy atom. The van der Waals surface area contributed by atoms with Gasteiger partial charge in [-0.2, -0.15) is 0 Å². The maximum atomic E-state index is 11.0. The number of hydrogen-bond donors (Lipinski definition) is 0. The summed E-state index contributed by atoms with van der Waals surface area (Å²) in [4.78, 5) is 2.11. The van der Waals surface area contributed by atoms with Crippen molar-refractivity contribution in [2.24, 2.45) is 0 Å². The van der Waals surface area contributed by atoms with E-state index in [0.717, 1.165) is 9.47 Å². The lowest BCUT2D eigenvalue weighted by Crippen LogP contribution is -2.61. The van der Waals surface area contributed by atoms with Crippen LogP contribution >= 0.6 is 0 Å². The van der Waals surface area contributed by atoms with Crippen molar-refractivity contribution >= 4 is 107 Å². The number of hydrogen-bond acceptors (Lipinski definition) is 3. The van der Waals surface area contributed by atoms with Crippen LogP contribution < -0.4 is 31.1 Å². The Bertz CT molecular complexity index is 5920. The molecule has 0 unspecified atom stereocenters. The van der Waals surface area contributed by atoms with Crippen LogP contribution in [-0.2, 0) is 10.8 Å². The molecule has 4 nitrogen and oxygen atoms in total. The summed E-state index contributed by atoms with van der Waals surface area (Å²) >= 11 is 0. The monoisotopic (exact) mass is 948 g/mol. The van der Waals surface area contributed by atoms with Crippen molar-refractivity contribution in [3.8, 4) is 16.8 Å². The Hall–Kier alpha value is -8.28. The van der Waals surface area contributed by atoms with Gasteiger partial charge in [0.2, 0.25) is 0 Å². The number of aromatic nitrogens is 1. The third-order valence-corrected chi connectivity index (χ3v) is 12.7. The molecule has 3 aliphatic heterocycles. The lowest BCUT2D eigenvalue weighted by Gasteiger charge is -2.46. The van der Waals surface area contributed by atoms with Gasteiger partial charge in [0.1, 0.15) is 0 Å². The van der Waals surface area contributed by atoms with Crippen LogP contribution in [0, 0.1) is 0 Å². The lowest BCUT2D eigenvalue weighted by atomic mass is 9.33. The zero-order valence-electron chi connectivity index (χ0n) is 73.4. The number of anilines is 9. The predicted molar refractivity (Wildman–Crippen MR) is 303 cm³/mol. The van der Waals surface area contributed by atoms with Gasteiger partial charge < -0.3 is 19.3 Å². The highest BCUT2D eigenvalue weighted by Crippen LogP contribution is 2.52. The predicted octanol–water partition coefficient (Wildman–Crippen LogP) is 16.1. The molecule has 0 radical (unpaired) electrons. The van der Waals surface area contributed by atoms with Crippen molar-refractivity contribution in [1.82, 2.24) is 4.57 Å². The van der Waals surface area contributed by atoms with E-state index in [2.05, 4.69) is 0 Å². The molecule has 0 atom stereocenters. The van der Waals surface area contributed by atoms with Gasteiger partial charge in [-0.3, -0.25) is 0 Å². The average Bonchev–Trinajstić information content (AvgIpc) is 1.21. The van der Waals surface area contributed by atoms with Crippen LogP contribution in [0.25, 0.3) is 49.4 Å². The van der Waals surface area contributed by atoms with E-state index in [4.69, 9.17) is 11.0 Å². The maximum absolute atomic E-state index is 11.0. The Labute approximate surface area is 465 Å². The fourth-order valence-corrected chi connectivity index (χ4v) is 9.42. The summed E-state index contributed by atoms with van der Waals surface area (Å²) in [6.07, 6.45) is 0. The first kappa shape index (κ1) is 19.5. The van der Waals surface area contributed by atoms with Crippen molar-refractivity contribution < 1.29 is 48.0 Å². The summed E-state index contributed by atoms with van der Waals surface area (Å²) in [6, 6.07) is -34.4. The molecule has 71 heavy (non-hydrogen) atoms. The second-order valence-corrected chi connectivity index (χ2v) is 19.1. The highest BCUT2D eigenvalue weighted by atomic mass is 15.2. The number of para-hydroxylation sites is 3. The van der Waals surface area contributed by atoms with Crippen molar-refractivity contribution in [2.75, 3.05) is 14.7 Å². The summed E-state index contributed by atoms with van der Waals surface area (Å²) in [5.41, 5.74) is -16.0. The van der Waals surface area contributed by atoms with Crippen LogP contribution in [0.3, 0.4) is 0 Å². The molecule has 5 heteroatoms. The van der Waals surface area contributed by atoms with Gasteiger partial charge in [-0.1, -0.05) is 174 Å². The van der Waals surface area contributed by atoms with Gasteiger partial charge in [-0.25, -0.2) is 0 Å². The number of benzene rings is 10. The minimum absolute atomic E-state index is 0.201. The van der Waals surface area contributed by atoms with Gasteiger partial charge in [0, 0.05) is 50.6 Å². The normalized spacial score (nSPS) is 20.3. The van der Waals surface area contributed by atoms with Gasteiger partial charge in [-0.05, 0) is 139 Å². The lowest BCUT2D eigenvalue weighted by molar-refractivity contribution is 0.590. The number of nitrogens with zero attached hydrogens (tertiary/aromatic N) is 4. The van der Waals surface area contributed by atoms with E-state index in [9.17, 15) is 37.0 Å². The second-order valence-electron chi connectivity index (χ2n) is 19.1. The molecule has 0 saturated carbocycles. The summed E-state index contributed by atoms with van der Waals surface area (Å²) in [5, 5.41) is -2.26. The molecule has 11 aromatic rings. The maximum Gasteiger partial charge on any atom is 0.252 e. The second kappa shape index (κ2) is 15.1. The molecule has 1 aromatic heterocycles. The van der Waals surface area contributed by atoms with Gasteiger partial charge in [0.15, 0.2) is 0 Å². The van der Waals surface area contributed by atoms with E-state index in [1.165, 1.54) is 0 Å². The number of fused-ring (bicyclic) bond motifs is 10. The summed E-state index contributed by atoms with van der Waals surface area (Å²) in [5.74, 6) is 0. The molecule has 3 aliphatic rings. The molecular formula is C66H53BN4. The minimum atomic E-state index is -2.20. The van der Waals surface area contributed by atoms with Crippen LogP contribution in [0.5, 0.6) is 0 Å². The highest BCUT2D eigenvalue weighted by molar-refractivity contribution is 7.00. The topological polar surface area (TPSA) is 14.7 Å². The Kier molecular flexibility index (Phi) is 4.15. The first-order chi connectivity index (χ1) is 49.1. The van der Waals surface area contributed by atoms with Gasteiger partial charge in [-0.15, -0.1) is 0 Å². The molecule has 0 aliphatic carbocycles.